The van der Waals surface area contributed by atoms with E-state index >= 15 is 0 Å². The maximum atomic E-state index is 10.1. The highest BCUT2D eigenvalue weighted by molar-refractivity contribution is 7.99. The molecule has 13 nitrogen and oxygen atoms in total. The molecule has 0 saturated carbocycles. The van der Waals surface area contributed by atoms with Crippen LogP contribution in [0, 0.1) is 0 Å². The lowest BCUT2D eigenvalue weighted by Gasteiger charge is -2.39. The predicted molar refractivity (Wildman–Crippen MR) is 98.8 cm³/mol. The summed E-state index contributed by atoms with van der Waals surface area (Å²) in [5.41, 5.74) is -0.403. The average Bonchev–Trinajstić information content (AvgIpc) is 3.19. The number of ether oxygens (including phenoxy) is 3. The van der Waals surface area contributed by atoms with Crippen LogP contribution in [-0.2, 0) is 26.5 Å². The molecule has 0 unspecified atom stereocenters. The van der Waals surface area contributed by atoms with Gasteiger partial charge in [-0.1, -0.05) is 5.21 Å². The van der Waals surface area contributed by atoms with Crippen molar-refractivity contribution in [2.75, 3.05) is 13.7 Å². The van der Waals surface area contributed by atoms with Gasteiger partial charge in [0, 0.05) is 19.1 Å². The molecule has 10 atom stereocenters. The lowest BCUT2D eigenvalue weighted by molar-refractivity contribution is -0.292. The molecule has 172 valence electrons. The van der Waals surface area contributed by atoms with Crippen LogP contribution in [-0.4, -0.2) is 125 Å². The van der Waals surface area contributed by atoms with Gasteiger partial charge in [-0.3, -0.25) is 0 Å². The van der Waals surface area contributed by atoms with Gasteiger partial charge >= 0.3 is 0 Å². The third kappa shape index (κ3) is 4.94. The highest BCUT2D eigenvalue weighted by Gasteiger charge is 2.45. The number of aromatic nitrogens is 3. The van der Waals surface area contributed by atoms with Crippen molar-refractivity contribution in [3.05, 3.63) is 11.9 Å². The first-order valence-electron chi connectivity index (χ1n) is 9.30. The molecule has 14 heteroatoms. The number of aliphatic hydroxyl groups is 7. The fourth-order valence-corrected chi connectivity index (χ4v) is 4.36. The Balaban J connectivity index is 1.56. The maximum absolute atomic E-state index is 10.1. The molecule has 2 fully saturated rings. The molecular weight excluding hydrogens is 426 g/mol. The average molecular weight is 453 g/mol. The van der Waals surface area contributed by atoms with Crippen LogP contribution >= 0.6 is 11.8 Å². The summed E-state index contributed by atoms with van der Waals surface area (Å²) < 4.78 is 17.2. The quantitative estimate of drug-likeness (QED) is 0.210. The summed E-state index contributed by atoms with van der Waals surface area (Å²) >= 11 is 1.10. The van der Waals surface area contributed by atoms with Crippen LogP contribution in [0.1, 0.15) is 5.69 Å². The lowest BCUT2D eigenvalue weighted by atomic mass is 9.99. The highest BCUT2D eigenvalue weighted by atomic mass is 32.2. The largest absolute Gasteiger partial charge is 0.394 e. The molecule has 7 N–H and O–H groups in total. The van der Waals surface area contributed by atoms with Gasteiger partial charge in [-0.15, -0.1) is 16.9 Å². The number of hydrogen-bond acceptors (Lipinski definition) is 13. The van der Waals surface area contributed by atoms with E-state index in [1.54, 1.807) is 6.20 Å². The molecule has 1 aromatic rings. The Morgan fingerprint density at radius 3 is 2.30 bits per heavy atom. The predicted octanol–water partition coefficient (Wildman–Crippen LogP) is -4.23. The van der Waals surface area contributed by atoms with E-state index in [0.29, 0.717) is 5.69 Å². The van der Waals surface area contributed by atoms with Crippen LogP contribution in [0.4, 0.5) is 0 Å². The second-order valence-corrected chi connectivity index (χ2v) is 8.28. The number of aliphatic hydroxyl groups excluding tert-OH is 7. The van der Waals surface area contributed by atoms with E-state index in [9.17, 15) is 35.7 Å². The molecule has 2 aliphatic heterocycles. The third-order valence-electron chi connectivity index (χ3n) is 5.10. The Labute approximate surface area is 175 Å². The number of methoxy groups -OCH3 is 1. The number of nitrogens with zero attached hydrogens (tertiary/aromatic N) is 3. The third-order valence-corrected chi connectivity index (χ3v) is 6.28. The van der Waals surface area contributed by atoms with Gasteiger partial charge in [-0.2, -0.15) is 0 Å². The van der Waals surface area contributed by atoms with Gasteiger partial charge in [0.25, 0.3) is 0 Å². The Hall–Kier alpha value is -0.910. The first-order chi connectivity index (χ1) is 14.3. The molecule has 30 heavy (non-hydrogen) atoms. The number of hydrogen-bond donors (Lipinski definition) is 7. The van der Waals surface area contributed by atoms with Crippen LogP contribution < -0.4 is 0 Å². The van der Waals surface area contributed by atoms with Gasteiger partial charge in [-0.25, -0.2) is 4.68 Å². The molecule has 2 aliphatic rings. The topological polar surface area (TPSA) is 200 Å². The second-order valence-electron chi connectivity index (χ2n) is 7.19. The second kappa shape index (κ2) is 10.1. The fraction of sp³-hybridized carbons (Fsp3) is 0.875. The normalized spacial score (nSPS) is 42.4. The van der Waals surface area contributed by atoms with E-state index in [2.05, 4.69) is 10.3 Å². The minimum Gasteiger partial charge on any atom is -0.394 e. The van der Waals surface area contributed by atoms with Crippen LogP contribution in [0.3, 0.4) is 0 Å². The van der Waals surface area contributed by atoms with E-state index in [-0.39, 0.29) is 12.3 Å². The first kappa shape index (κ1) is 23.7. The van der Waals surface area contributed by atoms with Crippen molar-refractivity contribution in [3.8, 4) is 0 Å². The van der Waals surface area contributed by atoms with Crippen LogP contribution in [0.15, 0.2) is 6.20 Å². The Kier molecular flexibility index (Phi) is 8.03. The lowest BCUT2D eigenvalue weighted by Crippen LogP contribution is -2.58. The van der Waals surface area contributed by atoms with Gasteiger partial charge < -0.3 is 50.0 Å². The minimum atomic E-state index is -1.45. The molecule has 3 rings (SSSR count). The molecule has 0 aliphatic carbocycles. The van der Waals surface area contributed by atoms with Gasteiger partial charge in [0.05, 0.1) is 18.8 Å². The molecule has 0 radical (unpaired) electrons. The van der Waals surface area contributed by atoms with Gasteiger partial charge in [0.2, 0.25) is 0 Å². The van der Waals surface area contributed by atoms with Crippen LogP contribution in [0.5, 0.6) is 0 Å². The fourth-order valence-electron chi connectivity index (χ4n) is 3.31. The summed E-state index contributed by atoms with van der Waals surface area (Å²) in [5, 5.41) is 76.7. The Morgan fingerprint density at radius 1 is 0.967 bits per heavy atom. The standard InChI is InChI=1S/C16H27N3O10S/c1-27-15-13(25)11(23)9(21)7(28-15)3-19-2-6(17-18-19)5-30-16-14(26)12(24)10(22)8(4-20)29-16/h2,7-16,20-26H,3-5H2,1H3/t7-,8-,9-,10+,11+,12+,13-,14-,15+,16+/m1/s1. The zero-order valence-corrected chi connectivity index (χ0v) is 16.9. The summed E-state index contributed by atoms with van der Waals surface area (Å²) in [4.78, 5) is 0. The SMILES string of the molecule is CO[C@H]1O[C@H](Cn2cc(CS[C@@H]3O[C@H](CO)[C@H](O)[C@H](O)[C@H]3O)nn2)[C@@H](O)[C@H](O)[C@H]1O. The van der Waals surface area contributed by atoms with E-state index in [1.807, 2.05) is 0 Å². The van der Waals surface area contributed by atoms with Crippen molar-refractivity contribution in [3.63, 3.8) is 0 Å². The summed E-state index contributed by atoms with van der Waals surface area (Å²) in [5.74, 6) is 0.235. The summed E-state index contributed by atoms with van der Waals surface area (Å²) in [6, 6.07) is 0. The molecular formula is C16H27N3O10S. The zero-order valence-electron chi connectivity index (χ0n) is 16.1. The molecule has 3 heterocycles. The van der Waals surface area contributed by atoms with Crippen molar-refractivity contribution in [1.29, 1.82) is 0 Å². The minimum absolute atomic E-state index is 0.0303. The summed E-state index contributed by atoms with van der Waals surface area (Å²) in [6.45, 7) is -0.479. The van der Waals surface area contributed by atoms with Crippen molar-refractivity contribution in [2.45, 2.75) is 72.9 Å². The van der Waals surface area contributed by atoms with E-state index in [4.69, 9.17) is 14.2 Å². The number of rotatable bonds is 7. The molecule has 1 aromatic heterocycles. The van der Waals surface area contributed by atoms with E-state index in [1.165, 1.54) is 11.8 Å². The van der Waals surface area contributed by atoms with Crippen molar-refractivity contribution < 1.29 is 50.0 Å². The van der Waals surface area contributed by atoms with Gasteiger partial charge in [-0.05, 0) is 0 Å². The Morgan fingerprint density at radius 2 is 1.63 bits per heavy atom. The summed E-state index contributed by atoms with van der Waals surface area (Å²) in [6.07, 6.45) is -9.85. The van der Waals surface area contributed by atoms with Crippen molar-refractivity contribution in [2.24, 2.45) is 0 Å². The molecule has 0 bridgehead atoms. The highest BCUT2D eigenvalue weighted by Crippen LogP contribution is 2.30. The zero-order chi connectivity index (χ0) is 22.0. The maximum Gasteiger partial charge on any atom is 0.186 e. The van der Waals surface area contributed by atoms with E-state index in [0.717, 1.165) is 11.8 Å². The van der Waals surface area contributed by atoms with Crippen LogP contribution in [0.25, 0.3) is 0 Å². The molecule has 0 amide bonds. The molecule has 2 saturated heterocycles. The molecule has 0 aromatic carbocycles. The van der Waals surface area contributed by atoms with Crippen LogP contribution in [0.2, 0.25) is 0 Å². The van der Waals surface area contributed by atoms with Gasteiger partial charge in [0.1, 0.15) is 54.3 Å². The monoisotopic (exact) mass is 453 g/mol. The smallest absolute Gasteiger partial charge is 0.186 e. The molecule has 0 spiro atoms. The Bertz CT molecular complexity index is 679. The van der Waals surface area contributed by atoms with Crippen molar-refractivity contribution >= 4 is 11.8 Å². The summed E-state index contributed by atoms with van der Waals surface area (Å²) in [7, 11) is 1.30. The van der Waals surface area contributed by atoms with Crippen molar-refractivity contribution in [1.82, 2.24) is 15.0 Å². The van der Waals surface area contributed by atoms with E-state index < -0.39 is 67.2 Å². The van der Waals surface area contributed by atoms with Gasteiger partial charge in [0.15, 0.2) is 6.29 Å². The first-order valence-corrected chi connectivity index (χ1v) is 10.3. The number of thioether (sulfide) groups is 1.